The summed E-state index contributed by atoms with van der Waals surface area (Å²) in [4.78, 5) is 25.5. The van der Waals surface area contributed by atoms with Gasteiger partial charge in [-0.2, -0.15) is 4.72 Å². The van der Waals surface area contributed by atoms with Crippen LogP contribution in [0.3, 0.4) is 0 Å². The van der Waals surface area contributed by atoms with Gasteiger partial charge in [-0.05, 0) is 55.9 Å². The monoisotopic (exact) mass is 365 g/mol. The standard InChI is InChI=1S/C17H23N3O4S/c1-12(21)20-10-4-5-13-11-14(7-8-16(13)20)25(23,24)19-15-6-2-3-9-18-17(15)22/h7-8,11,15,19H,2-6,9-10H2,1H3,(H,18,22)/t15-/m1/s1. The van der Waals surface area contributed by atoms with E-state index in [0.29, 0.717) is 19.5 Å². The summed E-state index contributed by atoms with van der Waals surface area (Å²) >= 11 is 0. The first kappa shape index (κ1) is 17.9. The number of hydrogen-bond donors (Lipinski definition) is 2. The molecule has 1 fully saturated rings. The largest absolute Gasteiger partial charge is 0.355 e. The van der Waals surface area contributed by atoms with Crippen LogP contribution in [0.1, 0.15) is 38.2 Å². The molecule has 0 bridgehead atoms. The first-order valence-corrected chi connectivity index (χ1v) is 10.1. The molecule has 0 unspecified atom stereocenters. The van der Waals surface area contributed by atoms with Crippen LogP contribution < -0.4 is 14.9 Å². The Balaban J connectivity index is 1.85. The molecule has 1 aromatic carbocycles. The van der Waals surface area contributed by atoms with Crippen LogP contribution >= 0.6 is 0 Å². The zero-order chi connectivity index (χ0) is 18.0. The molecule has 2 N–H and O–H groups in total. The molecule has 7 nitrogen and oxygen atoms in total. The Morgan fingerprint density at radius 1 is 1.28 bits per heavy atom. The van der Waals surface area contributed by atoms with Crippen molar-refractivity contribution >= 4 is 27.5 Å². The van der Waals surface area contributed by atoms with Crippen LogP contribution in [-0.2, 0) is 26.0 Å². The van der Waals surface area contributed by atoms with Crippen molar-refractivity contribution in [1.29, 1.82) is 0 Å². The molecule has 2 aliphatic rings. The van der Waals surface area contributed by atoms with Crippen molar-refractivity contribution in [3.63, 3.8) is 0 Å². The molecule has 1 saturated heterocycles. The lowest BCUT2D eigenvalue weighted by Gasteiger charge is -2.29. The maximum absolute atomic E-state index is 12.7. The van der Waals surface area contributed by atoms with E-state index < -0.39 is 16.1 Å². The number of nitrogens with zero attached hydrogens (tertiary/aromatic N) is 1. The molecule has 25 heavy (non-hydrogen) atoms. The summed E-state index contributed by atoms with van der Waals surface area (Å²) in [6, 6.07) is 4.05. The number of carbonyl (C=O) groups is 2. The Labute approximate surface area is 147 Å². The number of fused-ring (bicyclic) bond motifs is 1. The third-order valence-electron chi connectivity index (χ3n) is 4.69. The summed E-state index contributed by atoms with van der Waals surface area (Å²) in [5.74, 6) is -0.327. The van der Waals surface area contributed by atoms with E-state index in [4.69, 9.17) is 0 Å². The van der Waals surface area contributed by atoms with Gasteiger partial charge in [0.1, 0.15) is 6.04 Å². The predicted molar refractivity (Wildman–Crippen MR) is 93.8 cm³/mol. The maximum atomic E-state index is 12.7. The van der Waals surface area contributed by atoms with E-state index >= 15 is 0 Å². The van der Waals surface area contributed by atoms with Crippen LogP contribution in [0.5, 0.6) is 0 Å². The minimum Gasteiger partial charge on any atom is -0.355 e. The van der Waals surface area contributed by atoms with E-state index in [1.807, 2.05) is 0 Å². The first-order valence-electron chi connectivity index (χ1n) is 8.59. The highest BCUT2D eigenvalue weighted by atomic mass is 32.2. The molecule has 1 aromatic rings. The molecule has 0 aromatic heterocycles. The first-order chi connectivity index (χ1) is 11.9. The van der Waals surface area contributed by atoms with E-state index in [1.54, 1.807) is 17.0 Å². The number of carbonyl (C=O) groups excluding carboxylic acids is 2. The van der Waals surface area contributed by atoms with Gasteiger partial charge in [0.15, 0.2) is 0 Å². The van der Waals surface area contributed by atoms with Crippen molar-refractivity contribution < 1.29 is 18.0 Å². The SMILES string of the molecule is CC(=O)N1CCCc2cc(S(=O)(=O)N[C@@H]3CCCCNC3=O)ccc21. The van der Waals surface area contributed by atoms with E-state index in [1.165, 1.54) is 13.0 Å². The summed E-state index contributed by atoms with van der Waals surface area (Å²) in [7, 11) is -3.79. The smallest absolute Gasteiger partial charge is 0.241 e. The molecule has 2 amide bonds. The predicted octanol–water partition coefficient (Wildman–Crippen LogP) is 0.933. The molecule has 1 atom stereocenters. The molecule has 136 valence electrons. The Kier molecular flexibility index (Phi) is 5.10. The van der Waals surface area contributed by atoms with Gasteiger partial charge in [-0.25, -0.2) is 8.42 Å². The Morgan fingerprint density at radius 2 is 2.08 bits per heavy atom. The van der Waals surface area contributed by atoms with Gasteiger partial charge in [-0.3, -0.25) is 9.59 Å². The third-order valence-corrected chi connectivity index (χ3v) is 6.16. The minimum atomic E-state index is -3.79. The fourth-order valence-corrected chi connectivity index (χ4v) is 4.65. The van der Waals surface area contributed by atoms with Crippen LogP contribution in [-0.4, -0.2) is 39.4 Å². The van der Waals surface area contributed by atoms with Crippen molar-refractivity contribution in [1.82, 2.24) is 10.0 Å². The summed E-state index contributed by atoms with van der Waals surface area (Å²) in [5, 5.41) is 2.73. The summed E-state index contributed by atoms with van der Waals surface area (Å²) in [6.45, 7) is 2.73. The lowest BCUT2D eigenvalue weighted by Crippen LogP contribution is -2.45. The van der Waals surface area contributed by atoms with Crippen LogP contribution in [0.2, 0.25) is 0 Å². The number of anilines is 1. The normalized spacial score (nSPS) is 21.2. The number of hydrogen-bond acceptors (Lipinski definition) is 4. The molecule has 0 radical (unpaired) electrons. The van der Waals surface area contributed by atoms with Crippen molar-refractivity contribution in [2.75, 3.05) is 18.0 Å². The Bertz CT molecular complexity index is 791. The molecule has 0 saturated carbocycles. The van der Waals surface area contributed by atoms with Gasteiger partial charge >= 0.3 is 0 Å². The van der Waals surface area contributed by atoms with Crippen molar-refractivity contribution in [2.45, 2.75) is 50.0 Å². The second-order valence-electron chi connectivity index (χ2n) is 6.53. The van der Waals surface area contributed by atoms with E-state index in [-0.39, 0.29) is 16.7 Å². The fraction of sp³-hybridized carbons (Fsp3) is 0.529. The molecule has 8 heteroatoms. The van der Waals surface area contributed by atoms with Crippen LogP contribution in [0.25, 0.3) is 0 Å². The van der Waals surface area contributed by atoms with Gasteiger partial charge in [-0.1, -0.05) is 0 Å². The van der Waals surface area contributed by atoms with Gasteiger partial charge in [0.05, 0.1) is 4.90 Å². The van der Waals surface area contributed by atoms with Crippen LogP contribution in [0.4, 0.5) is 5.69 Å². The van der Waals surface area contributed by atoms with Gasteiger partial charge < -0.3 is 10.2 Å². The average Bonchev–Trinajstić information content (AvgIpc) is 2.78. The molecule has 0 aliphatic carbocycles. The Morgan fingerprint density at radius 3 is 2.84 bits per heavy atom. The van der Waals surface area contributed by atoms with Gasteiger partial charge in [0.25, 0.3) is 0 Å². The molecule has 2 heterocycles. The third kappa shape index (κ3) is 3.85. The minimum absolute atomic E-state index is 0.0511. The van der Waals surface area contributed by atoms with Crippen LogP contribution in [0.15, 0.2) is 23.1 Å². The topological polar surface area (TPSA) is 95.6 Å². The number of rotatable bonds is 3. The number of benzene rings is 1. The zero-order valence-corrected chi connectivity index (χ0v) is 15.1. The number of aryl methyl sites for hydroxylation is 1. The molecule has 3 rings (SSSR count). The van der Waals surface area contributed by atoms with Crippen molar-refractivity contribution in [3.8, 4) is 0 Å². The van der Waals surface area contributed by atoms with Crippen molar-refractivity contribution in [3.05, 3.63) is 23.8 Å². The highest BCUT2D eigenvalue weighted by Crippen LogP contribution is 2.29. The number of amides is 2. The number of sulfonamides is 1. The lowest BCUT2D eigenvalue weighted by molar-refractivity contribution is -0.122. The second kappa shape index (κ2) is 7.13. The highest BCUT2D eigenvalue weighted by Gasteiger charge is 2.28. The van der Waals surface area contributed by atoms with Gasteiger partial charge in [-0.15, -0.1) is 0 Å². The molecular formula is C17H23N3O4S. The van der Waals surface area contributed by atoms with Crippen LogP contribution in [0, 0.1) is 0 Å². The maximum Gasteiger partial charge on any atom is 0.241 e. The Hall–Kier alpha value is -1.93. The fourth-order valence-electron chi connectivity index (χ4n) is 3.37. The molecule has 0 spiro atoms. The summed E-state index contributed by atoms with van der Waals surface area (Å²) in [5.41, 5.74) is 1.61. The number of nitrogens with one attached hydrogen (secondary N) is 2. The highest BCUT2D eigenvalue weighted by molar-refractivity contribution is 7.89. The molecular weight excluding hydrogens is 342 g/mol. The lowest BCUT2D eigenvalue weighted by atomic mass is 10.0. The van der Waals surface area contributed by atoms with Crippen molar-refractivity contribution in [2.24, 2.45) is 0 Å². The second-order valence-corrected chi connectivity index (χ2v) is 8.24. The summed E-state index contributed by atoms with van der Waals surface area (Å²) in [6.07, 6.45) is 3.67. The zero-order valence-electron chi connectivity index (χ0n) is 14.2. The summed E-state index contributed by atoms with van der Waals surface area (Å²) < 4.78 is 27.9. The van der Waals surface area contributed by atoms with E-state index in [9.17, 15) is 18.0 Å². The van der Waals surface area contributed by atoms with E-state index in [0.717, 1.165) is 36.9 Å². The van der Waals surface area contributed by atoms with Gasteiger partial charge in [0.2, 0.25) is 21.8 Å². The molecule has 2 aliphatic heterocycles. The average molecular weight is 365 g/mol. The quantitative estimate of drug-likeness (QED) is 0.833. The van der Waals surface area contributed by atoms with Gasteiger partial charge in [0, 0.05) is 25.7 Å². The van der Waals surface area contributed by atoms with E-state index in [2.05, 4.69) is 10.0 Å².